The first-order chi connectivity index (χ1) is 15.1. The molecule has 0 unspecified atom stereocenters. The van der Waals surface area contributed by atoms with Crippen LogP contribution in [0, 0.1) is 13.8 Å². The molecule has 0 spiro atoms. The first-order valence-electron chi connectivity index (χ1n) is 11.3. The molecule has 2 amide bonds. The maximum Gasteiger partial charge on any atom is 0.410 e. The standard InChI is InChI=1S/C24H32N4O4/c1-15-21(16(2)32-26-15)20-9-6-17(14-25-20)22(29)28(18-7-8-18)19-10-12-27(13-11-19)23(30)31-24(3,4)5/h6,9,14,18-19H,7-8,10-13H2,1-5H3. The van der Waals surface area contributed by atoms with Crippen molar-refractivity contribution in [3.8, 4) is 11.3 Å². The third kappa shape index (κ3) is 4.79. The van der Waals surface area contributed by atoms with Crippen molar-refractivity contribution in [2.75, 3.05) is 13.1 Å². The van der Waals surface area contributed by atoms with Gasteiger partial charge in [0.05, 0.1) is 22.5 Å². The first kappa shape index (κ1) is 22.3. The quantitative estimate of drug-likeness (QED) is 0.702. The second-order valence-electron chi connectivity index (χ2n) is 9.77. The minimum absolute atomic E-state index is 0.0148. The van der Waals surface area contributed by atoms with Crippen LogP contribution in [-0.4, -0.2) is 62.7 Å². The lowest BCUT2D eigenvalue weighted by molar-refractivity contribution is 0.0142. The Labute approximate surface area is 188 Å². The molecule has 4 rings (SSSR count). The van der Waals surface area contributed by atoms with E-state index in [-0.39, 0.29) is 24.1 Å². The number of hydrogen-bond donors (Lipinski definition) is 0. The van der Waals surface area contributed by atoms with Crippen LogP contribution in [0.3, 0.4) is 0 Å². The van der Waals surface area contributed by atoms with E-state index in [2.05, 4.69) is 10.1 Å². The molecular weight excluding hydrogens is 408 g/mol. The molecule has 2 aromatic heterocycles. The topological polar surface area (TPSA) is 88.8 Å². The number of hydrogen-bond acceptors (Lipinski definition) is 6. The summed E-state index contributed by atoms with van der Waals surface area (Å²) < 4.78 is 10.7. The fourth-order valence-electron chi connectivity index (χ4n) is 4.30. The van der Waals surface area contributed by atoms with E-state index < -0.39 is 5.60 Å². The summed E-state index contributed by atoms with van der Waals surface area (Å²) in [7, 11) is 0. The van der Waals surface area contributed by atoms with Crippen LogP contribution < -0.4 is 0 Å². The Bertz CT molecular complexity index is 961. The van der Waals surface area contributed by atoms with Crippen molar-refractivity contribution in [2.24, 2.45) is 0 Å². The molecule has 0 bridgehead atoms. The van der Waals surface area contributed by atoms with Gasteiger partial charge in [-0.15, -0.1) is 0 Å². The number of piperidine rings is 1. The number of amides is 2. The van der Waals surface area contributed by atoms with Gasteiger partial charge in [0, 0.05) is 31.4 Å². The Kier molecular flexibility index (Phi) is 5.97. The average molecular weight is 441 g/mol. The molecule has 0 radical (unpaired) electrons. The van der Waals surface area contributed by atoms with Gasteiger partial charge in [-0.05, 0) is 72.4 Å². The number of rotatable bonds is 4. The van der Waals surface area contributed by atoms with Gasteiger partial charge in [-0.3, -0.25) is 9.78 Å². The number of ether oxygens (including phenoxy) is 1. The van der Waals surface area contributed by atoms with E-state index in [4.69, 9.17) is 9.26 Å². The van der Waals surface area contributed by atoms with Crippen LogP contribution in [0.15, 0.2) is 22.9 Å². The van der Waals surface area contributed by atoms with E-state index in [0.29, 0.717) is 24.4 Å². The van der Waals surface area contributed by atoms with Gasteiger partial charge in [-0.25, -0.2) is 4.79 Å². The summed E-state index contributed by atoms with van der Waals surface area (Å²) in [5.74, 6) is 0.728. The summed E-state index contributed by atoms with van der Waals surface area (Å²) in [6, 6.07) is 4.09. The third-order valence-corrected chi connectivity index (χ3v) is 5.98. The number of carbonyl (C=O) groups is 2. The number of carbonyl (C=O) groups excluding carboxylic acids is 2. The van der Waals surface area contributed by atoms with Crippen LogP contribution in [0.1, 0.15) is 68.3 Å². The van der Waals surface area contributed by atoms with Crippen molar-refractivity contribution in [2.45, 2.75) is 78.0 Å². The molecule has 2 fully saturated rings. The second-order valence-corrected chi connectivity index (χ2v) is 9.77. The number of likely N-dealkylation sites (tertiary alicyclic amines) is 1. The summed E-state index contributed by atoms with van der Waals surface area (Å²) >= 11 is 0. The lowest BCUT2D eigenvalue weighted by Crippen LogP contribution is -2.50. The lowest BCUT2D eigenvalue weighted by Gasteiger charge is -2.39. The Morgan fingerprint density at radius 1 is 1.09 bits per heavy atom. The van der Waals surface area contributed by atoms with Gasteiger partial charge < -0.3 is 19.1 Å². The molecule has 8 nitrogen and oxygen atoms in total. The summed E-state index contributed by atoms with van der Waals surface area (Å²) in [4.78, 5) is 34.1. The Morgan fingerprint density at radius 2 is 1.75 bits per heavy atom. The van der Waals surface area contributed by atoms with E-state index in [1.54, 1.807) is 11.1 Å². The van der Waals surface area contributed by atoms with Crippen LogP contribution in [0.4, 0.5) is 4.79 Å². The molecular formula is C24H32N4O4. The van der Waals surface area contributed by atoms with Gasteiger partial charge in [0.1, 0.15) is 11.4 Å². The summed E-state index contributed by atoms with van der Waals surface area (Å²) in [5, 5.41) is 3.98. The molecule has 172 valence electrons. The van der Waals surface area contributed by atoms with Crippen molar-refractivity contribution in [3.63, 3.8) is 0 Å². The van der Waals surface area contributed by atoms with E-state index in [1.807, 2.05) is 51.7 Å². The van der Waals surface area contributed by atoms with Gasteiger partial charge in [-0.1, -0.05) is 5.16 Å². The van der Waals surface area contributed by atoms with Gasteiger partial charge in [-0.2, -0.15) is 0 Å². The van der Waals surface area contributed by atoms with Crippen molar-refractivity contribution < 1.29 is 18.8 Å². The zero-order chi connectivity index (χ0) is 23.0. The molecule has 1 aliphatic heterocycles. The Balaban J connectivity index is 1.44. The average Bonchev–Trinajstić information content (AvgIpc) is 3.51. The second kappa shape index (κ2) is 8.56. The zero-order valence-electron chi connectivity index (χ0n) is 19.6. The predicted octanol–water partition coefficient (Wildman–Crippen LogP) is 4.36. The highest BCUT2D eigenvalue weighted by molar-refractivity contribution is 5.95. The molecule has 8 heteroatoms. The fourth-order valence-corrected chi connectivity index (χ4v) is 4.30. The highest BCUT2D eigenvalue weighted by atomic mass is 16.6. The molecule has 1 aliphatic carbocycles. The highest BCUT2D eigenvalue weighted by Crippen LogP contribution is 2.34. The molecule has 0 N–H and O–H groups in total. The van der Waals surface area contributed by atoms with Crippen molar-refractivity contribution in [1.29, 1.82) is 0 Å². The third-order valence-electron chi connectivity index (χ3n) is 5.98. The number of nitrogens with zero attached hydrogens (tertiary/aromatic N) is 4. The first-order valence-corrected chi connectivity index (χ1v) is 11.3. The fraction of sp³-hybridized carbons (Fsp3) is 0.583. The lowest BCUT2D eigenvalue weighted by atomic mass is 10.0. The minimum Gasteiger partial charge on any atom is -0.444 e. The molecule has 0 atom stereocenters. The zero-order valence-corrected chi connectivity index (χ0v) is 19.6. The van der Waals surface area contributed by atoms with Crippen LogP contribution in [0.2, 0.25) is 0 Å². The van der Waals surface area contributed by atoms with Gasteiger partial charge >= 0.3 is 6.09 Å². The van der Waals surface area contributed by atoms with Gasteiger partial charge in [0.15, 0.2) is 0 Å². The van der Waals surface area contributed by atoms with Gasteiger partial charge in [0.2, 0.25) is 0 Å². The SMILES string of the molecule is Cc1noc(C)c1-c1ccc(C(=O)N(C2CC2)C2CCN(C(=O)OC(C)(C)C)CC2)cn1. The van der Waals surface area contributed by atoms with Crippen LogP contribution in [0.25, 0.3) is 11.3 Å². The van der Waals surface area contributed by atoms with Crippen LogP contribution in [-0.2, 0) is 4.74 Å². The van der Waals surface area contributed by atoms with E-state index in [1.165, 1.54) is 0 Å². The molecule has 2 aliphatic rings. The van der Waals surface area contributed by atoms with Crippen LogP contribution in [0.5, 0.6) is 0 Å². The molecule has 2 aromatic rings. The maximum absolute atomic E-state index is 13.4. The highest BCUT2D eigenvalue weighted by Gasteiger charge is 2.40. The smallest absolute Gasteiger partial charge is 0.410 e. The van der Waals surface area contributed by atoms with E-state index in [0.717, 1.165) is 42.6 Å². The summed E-state index contributed by atoms with van der Waals surface area (Å²) in [5.41, 5.74) is 2.48. The predicted molar refractivity (Wildman–Crippen MR) is 119 cm³/mol. The summed E-state index contributed by atoms with van der Waals surface area (Å²) in [6.07, 6.45) is 4.94. The number of aromatic nitrogens is 2. The normalized spacial score (nSPS) is 17.3. The monoisotopic (exact) mass is 440 g/mol. The summed E-state index contributed by atoms with van der Waals surface area (Å²) in [6.45, 7) is 10.5. The molecule has 1 saturated carbocycles. The van der Waals surface area contributed by atoms with E-state index in [9.17, 15) is 9.59 Å². The maximum atomic E-state index is 13.4. The molecule has 1 saturated heterocycles. The van der Waals surface area contributed by atoms with Crippen molar-refractivity contribution in [1.82, 2.24) is 19.9 Å². The number of aryl methyl sites for hydroxylation is 2. The number of pyridine rings is 1. The Morgan fingerprint density at radius 3 is 2.25 bits per heavy atom. The molecule has 32 heavy (non-hydrogen) atoms. The minimum atomic E-state index is -0.507. The van der Waals surface area contributed by atoms with Crippen molar-refractivity contribution >= 4 is 12.0 Å². The largest absolute Gasteiger partial charge is 0.444 e. The van der Waals surface area contributed by atoms with Crippen molar-refractivity contribution in [3.05, 3.63) is 35.3 Å². The molecule has 0 aromatic carbocycles. The van der Waals surface area contributed by atoms with E-state index >= 15 is 0 Å². The molecule has 3 heterocycles. The van der Waals surface area contributed by atoms with Gasteiger partial charge in [0.25, 0.3) is 5.91 Å². The van der Waals surface area contributed by atoms with Crippen LogP contribution >= 0.6 is 0 Å². The Hall–Kier alpha value is -2.90.